The van der Waals surface area contributed by atoms with Gasteiger partial charge in [-0.3, -0.25) is 0 Å². The molecule has 1 aromatic heterocycles. The number of rotatable bonds is 2. The predicted molar refractivity (Wildman–Crippen MR) is 60.7 cm³/mol. The molecule has 1 nitrogen and oxygen atoms in total. The summed E-state index contributed by atoms with van der Waals surface area (Å²) in [5.74, 6) is 0.599. The maximum absolute atomic E-state index is 12.9. The van der Waals surface area contributed by atoms with Crippen LogP contribution in [0.3, 0.4) is 0 Å². The number of thiophene rings is 1. The maximum Gasteiger partial charge on any atom is 0.152 e. The van der Waals surface area contributed by atoms with E-state index in [2.05, 4.69) is 15.9 Å². The van der Waals surface area contributed by atoms with Gasteiger partial charge < -0.3 is 4.74 Å². The maximum atomic E-state index is 12.9. The van der Waals surface area contributed by atoms with Gasteiger partial charge in [0.1, 0.15) is 9.60 Å². The van der Waals surface area contributed by atoms with Crippen molar-refractivity contribution in [2.24, 2.45) is 0 Å². The highest BCUT2D eigenvalue weighted by molar-refractivity contribution is 9.11. The highest BCUT2D eigenvalue weighted by Crippen LogP contribution is 2.41. The summed E-state index contributed by atoms with van der Waals surface area (Å²) >= 11 is 4.89. The average molecular weight is 275 g/mol. The molecule has 0 unspecified atom stereocenters. The van der Waals surface area contributed by atoms with Gasteiger partial charge in [0.2, 0.25) is 0 Å². The second-order valence-corrected chi connectivity index (χ2v) is 5.15. The Morgan fingerprint density at radius 3 is 3.00 bits per heavy atom. The molecule has 0 saturated heterocycles. The lowest BCUT2D eigenvalue weighted by Gasteiger charge is -2.00. The first kappa shape index (κ1) is 9.93. The van der Waals surface area contributed by atoms with Crippen molar-refractivity contribution in [3.8, 4) is 5.75 Å². The molecule has 2 aromatic rings. The molecular formula is C10H8BrFOS. The normalized spacial score (nSPS) is 10.8. The van der Waals surface area contributed by atoms with Crippen LogP contribution in [0.5, 0.6) is 5.75 Å². The highest BCUT2D eigenvalue weighted by atomic mass is 79.9. The predicted octanol–water partition coefficient (Wildman–Crippen LogP) is 4.20. The Morgan fingerprint density at radius 2 is 2.29 bits per heavy atom. The summed E-state index contributed by atoms with van der Waals surface area (Å²) in [6.45, 7) is 2.54. The van der Waals surface area contributed by atoms with Gasteiger partial charge in [-0.15, -0.1) is 11.3 Å². The molecule has 0 aliphatic rings. The minimum absolute atomic E-state index is 0.214. The molecule has 0 bridgehead atoms. The number of hydrogen-bond donors (Lipinski definition) is 0. The van der Waals surface area contributed by atoms with Crippen molar-refractivity contribution in [3.05, 3.63) is 27.8 Å². The van der Waals surface area contributed by atoms with Gasteiger partial charge in [-0.25, -0.2) is 4.39 Å². The van der Waals surface area contributed by atoms with Crippen molar-refractivity contribution in [2.45, 2.75) is 6.92 Å². The van der Waals surface area contributed by atoms with E-state index in [0.29, 0.717) is 6.61 Å². The lowest BCUT2D eigenvalue weighted by molar-refractivity contribution is 0.343. The molecule has 14 heavy (non-hydrogen) atoms. The summed E-state index contributed by atoms with van der Waals surface area (Å²) in [6, 6.07) is 4.72. The highest BCUT2D eigenvalue weighted by Gasteiger charge is 2.11. The fourth-order valence-corrected chi connectivity index (χ4v) is 3.04. The SMILES string of the molecule is CCOc1c(Br)sc2cc(F)ccc12. The Labute approximate surface area is 93.6 Å². The van der Waals surface area contributed by atoms with Crippen LogP contribution >= 0.6 is 27.3 Å². The average Bonchev–Trinajstić information content (AvgIpc) is 2.43. The number of hydrogen-bond acceptors (Lipinski definition) is 2. The lowest BCUT2D eigenvalue weighted by Crippen LogP contribution is -1.90. The van der Waals surface area contributed by atoms with Crippen LogP contribution in [0, 0.1) is 5.82 Å². The van der Waals surface area contributed by atoms with Gasteiger partial charge >= 0.3 is 0 Å². The van der Waals surface area contributed by atoms with Gasteiger partial charge in [0.05, 0.1) is 6.61 Å². The number of fused-ring (bicyclic) bond motifs is 1. The van der Waals surface area contributed by atoms with Crippen LogP contribution in [0.25, 0.3) is 10.1 Å². The zero-order chi connectivity index (χ0) is 10.1. The van der Waals surface area contributed by atoms with E-state index in [0.717, 1.165) is 19.6 Å². The summed E-state index contributed by atoms with van der Waals surface area (Å²) < 4.78 is 20.2. The van der Waals surface area contributed by atoms with Gasteiger partial charge in [0.15, 0.2) is 5.75 Å². The Kier molecular flexibility index (Phi) is 2.74. The molecule has 0 radical (unpaired) electrons. The van der Waals surface area contributed by atoms with Crippen molar-refractivity contribution < 1.29 is 9.13 Å². The first-order chi connectivity index (χ1) is 6.72. The first-order valence-electron chi connectivity index (χ1n) is 4.22. The second kappa shape index (κ2) is 3.87. The Bertz CT molecular complexity index is 466. The Balaban J connectivity index is 2.64. The molecular weight excluding hydrogens is 267 g/mol. The van der Waals surface area contributed by atoms with E-state index in [9.17, 15) is 4.39 Å². The van der Waals surface area contributed by atoms with Gasteiger partial charge in [0, 0.05) is 10.1 Å². The monoisotopic (exact) mass is 274 g/mol. The zero-order valence-electron chi connectivity index (χ0n) is 7.51. The third-order valence-corrected chi connectivity index (χ3v) is 3.62. The summed E-state index contributed by atoms with van der Waals surface area (Å²) in [7, 11) is 0. The Morgan fingerprint density at radius 1 is 1.50 bits per heavy atom. The third kappa shape index (κ3) is 1.64. The van der Waals surface area contributed by atoms with Crippen LogP contribution in [0.4, 0.5) is 4.39 Å². The molecule has 1 heterocycles. The minimum Gasteiger partial charge on any atom is -0.491 e. The molecule has 0 N–H and O–H groups in total. The summed E-state index contributed by atoms with van der Waals surface area (Å²) in [6.07, 6.45) is 0. The molecule has 0 amide bonds. The Hall–Kier alpha value is -0.610. The van der Waals surface area contributed by atoms with Crippen LogP contribution in [-0.4, -0.2) is 6.61 Å². The molecule has 74 valence electrons. The fourth-order valence-electron chi connectivity index (χ4n) is 1.30. The quantitative estimate of drug-likeness (QED) is 0.798. The molecule has 0 aliphatic heterocycles. The zero-order valence-corrected chi connectivity index (χ0v) is 9.91. The number of halogens is 2. The summed E-state index contributed by atoms with van der Waals surface area (Å²) in [5, 5.41) is 0.963. The van der Waals surface area contributed by atoms with Crippen LogP contribution < -0.4 is 4.74 Å². The molecule has 4 heteroatoms. The standard InChI is InChI=1S/C10H8BrFOS/c1-2-13-9-7-4-3-6(12)5-8(7)14-10(9)11/h3-5H,2H2,1H3. The van der Waals surface area contributed by atoms with Crippen molar-refractivity contribution in [1.29, 1.82) is 0 Å². The van der Waals surface area contributed by atoms with Crippen LogP contribution in [-0.2, 0) is 0 Å². The molecule has 2 rings (SSSR count). The number of ether oxygens (including phenoxy) is 1. The van der Waals surface area contributed by atoms with E-state index >= 15 is 0 Å². The first-order valence-corrected chi connectivity index (χ1v) is 5.83. The summed E-state index contributed by atoms with van der Waals surface area (Å²) in [4.78, 5) is 0. The van der Waals surface area contributed by atoms with Gasteiger partial charge in [-0.05, 0) is 41.1 Å². The topological polar surface area (TPSA) is 9.23 Å². The van der Waals surface area contributed by atoms with E-state index in [1.165, 1.54) is 23.5 Å². The third-order valence-electron chi connectivity index (χ3n) is 1.86. The van der Waals surface area contributed by atoms with E-state index < -0.39 is 0 Å². The molecule has 0 atom stereocenters. The van der Waals surface area contributed by atoms with Crippen LogP contribution in [0.1, 0.15) is 6.92 Å². The lowest BCUT2D eigenvalue weighted by atomic mass is 10.2. The molecule has 0 saturated carbocycles. The molecule has 0 fully saturated rings. The van der Waals surface area contributed by atoms with Gasteiger partial charge in [-0.2, -0.15) is 0 Å². The van der Waals surface area contributed by atoms with E-state index in [-0.39, 0.29) is 5.82 Å². The smallest absolute Gasteiger partial charge is 0.152 e. The van der Waals surface area contributed by atoms with Crippen molar-refractivity contribution in [1.82, 2.24) is 0 Å². The molecule has 0 aliphatic carbocycles. The molecule has 0 spiro atoms. The van der Waals surface area contributed by atoms with E-state index in [1.54, 1.807) is 6.07 Å². The van der Waals surface area contributed by atoms with Crippen molar-refractivity contribution in [2.75, 3.05) is 6.61 Å². The van der Waals surface area contributed by atoms with E-state index in [4.69, 9.17) is 4.74 Å². The molecule has 1 aromatic carbocycles. The fraction of sp³-hybridized carbons (Fsp3) is 0.200. The van der Waals surface area contributed by atoms with Crippen LogP contribution in [0.15, 0.2) is 22.0 Å². The summed E-state index contributed by atoms with van der Waals surface area (Å²) in [5.41, 5.74) is 0. The van der Waals surface area contributed by atoms with Gasteiger partial charge in [0.25, 0.3) is 0 Å². The van der Waals surface area contributed by atoms with Crippen molar-refractivity contribution >= 4 is 37.4 Å². The second-order valence-electron chi connectivity index (χ2n) is 2.78. The van der Waals surface area contributed by atoms with Gasteiger partial charge in [-0.1, -0.05) is 0 Å². The van der Waals surface area contributed by atoms with Crippen molar-refractivity contribution in [3.63, 3.8) is 0 Å². The largest absolute Gasteiger partial charge is 0.491 e. The van der Waals surface area contributed by atoms with E-state index in [1.807, 2.05) is 6.92 Å². The number of benzene rings is 1. The van der Waals surface area contributed by atoms with Crippen LogP contribution in [0.2, 0.25) is 0 Å². The minimum atomic E-state index is -0.214.